The number of hydrogen-bond acceptors (Lipinski definition) is 5. The van der Waals surface area contributed by atoms with E-state index in [1.807, 2.05) is 5.38 Å². The van der Waals surface area contributed by atoms with Gasteiger partial charge in [-0.15, -0.1) is 0 Å². The van der Waals surface area contributed by atoms with E-state index in [0.29, 0.717) is 0 Å². The highest BCUT2D eigenvalue weighted by Gasteiger charge is 2.10. The van der Waals surface area contributed by atoms with E-state index < -0.39 is 0 Å². The molecule has 0 aliphatic heterocycles. The first kappa shape index (κ1) is 13.7. The number of rotatable bonds is 5. The summed E-state index contributed by atoms with van der Waals surface area (Å²) in [6.45, 7) is 6.15. The molecule has 0 N–H and O–H groups in total. The predicted octanol–water partition coefficient (Wildman–Crippen LogP) is 3.01. The van der Waals surface area contributed by atoms with Crippen LogP contribution in [-0.2, 0) is 5.75 Å². The maximum absolute atomic E-state index is 5.36. The zero-order valence-corrected chi connectivity index (χ0v) is 12.2. The second-order valence-corrected chi connectivity index (χ2v) is 5.31. The largest absolute Gasteiger partial charge is 0.480 e. The summed E-state index contributed by atoms with van der Waals surface area (Å²) >= 11 is 8.44. The van der Waals surface area contributed by atoms with Gasteiger partial charge in [0, 0.05) is 29.8 Å². The zero-order valence-electron chi connectivity index (χ0n) is 9.73. The van der Waals surface area contributed by atoms with Crippen LogP contribution < -0.4 is 4.74 Å². The van der Waals surface area contributed by atoms with Gasteiger partial charge in [-0.1, -0.05) is 24.0 Å². The van der Waals surface area contributed by atoms with E-state index in [0.717, 1.165) is 34.6 Å². The summed E-state index contributed by atoms with van der Waals surface area (Å²) in [6, 6.07) is 0. The first-order chi connectivity index (χ1) is 7.72. The molecule has 0 aliphatic carbocycles. The average molecular weight is 276 g/mol. The van der Waals surface area contributed by atoms with E-state index in [-0.39, 0.29) is 0 Å². The summed E-state index contributed by atoms with van der Waals surface area (Å²) < 4.78 is 10.2. The van der Waals surface area contributed by atoms with E-state index >= 15 is 0 Å². The molecule has 0 saturated heterocycles. The third-order valence-corrected chi connectivity index (χ3v) is 4.40. The molecule has 6 heteroatoms. The zero-order chi connectivity index (χ0) is 12.0. The van der Waals surface area contributed by atoms with E-state index in [1.165, 1.54) is 11.5 Å². The fourth-order valence-corrected chi connectivity index (χ4v) is 3.34. The standard InChI is InChI=1S/C10H16N2OS3/c1-4-12(5-2)10(14)15-6-8-7-16-11-9(8)13-3/h7H,4-6H2,1-3H3. The van der Waals surface area contributed by atoms with Crippen molar-refractivity contribution in [3.63, 3.8) is 0 Å². The molecule has 0 radical (unpaired) electrons. The fourth-order valence-electron chi connectivity index (χ4n) is 1.22. The van der Waals surface area contributed by atoms with Gasteiger partial charge >= 0.3 is 0 Å². The molecule has 0 amide bonds. The Morgan fingerprint density at radius 2 is 2.25 bits per heavy atom. The molecule has 0 saturated carbocycles. The second-order valence-electron chi connectivity index (χ2n) is 3.08. The lowest BCUT2D eigenvalue weighted by molar-refractivity contribution is 0.399. The molecule has 0 atom stereocenters. The first-order valence-corrected chi connectivity index (χ1v) is 7.34. The van der Waals surface area contributed by atoms with Gasteiger partial charge in [0.25, 0.3) is 0 Å². The number of hydrogen-bond donors (Lipinski definition) is 0. The van der Waals surface area contributed by atoms with E-state index in [2.05, 4.69) is 23.1 Å². The van der Waals surface area contributed by atoms with Crippen LogP contribution >= 0.6 is 35.5 Å². The summed E-state index contributed by atoms with van der Waals surface area (Å²) in [5.41, 5.74) is 1.12. The van der Waals surface area contributed by atoms with Crippen molar-refractivity contribution in [2.75, 3.05) is 20.2 Å². The van der Waals surface area contributed by atoms with Gasteiger partial charge in [0.1, 0.15) is 4.32 Å². The number of methoxy groups -OCH3 is 1. The summed E-state index contributed by atoms with van der Waals surface area (Å²) in [5, 5.41) is 2.01. The Balaban J connectivity index is 2.48. The molecule has 0 fully saturated rings. The molecule has 0 aliphatic rings. The fraction of sp³-hybridized carbons (Fsp3) is 0.600. The van der Waals surface area contributed by atoms with Crippen LogP contribution in [0.15, 0.2) is 5.38 Å². The highest BCUT2D eigenvalue weighted by atomic mass is 32.2. The van der Waals surface area contributed by atoms with Crippen molar-refractivity contribution >= 4 is 39.8 Å². The number of nitrogens with zero attached hydrogens (tertiary/aromatic N) is 2. The molecular weight excluding hydrogens is 260 g/mol. The van der Waals surface area contributed by atoms with Crippen molar-refractivity contribution in [1.29, 1.82) is 0 Å². The minimum atomic E-state index is 0.722. The van der Waals surface area contributed by atoms with Crippen LogP contribution in [-0.4, -0.2) is 33.8 Å². The van der Waals surface area contributed by atoms with E-state index in [4.69, 9.17) is 17.0 Å². The van der Waals surface area contributed by atoms with Crippen molar-refractivity contribution in [2.24, 2.45) is 0 Å². The van der Waals surface area contributed by atoms with E-state index in [9.17, 15) is 0 Å². The Morgan fingerprint density at radius 3 is 2.81 bits per heavy atom. The highest BCUT2D eigenvalue weighted by Crippen LogP contribution is 2.25. The van der Waals surface area contributed by atoms with Gasteiger partial charge in [0.05, 0.1) is 7.11 Å². The van der Waals surface area contributed by atoms with Crippen LogP contribution in [0.1, 0.15) is 19.4 Å². The van der Waals surface area contributed by atoms with Gasteiger partial charge in [-0.25, -0.2) is 0 Å². The van der Waals surface area contributed by atoms with Crippen molar-refractivity contribution in [3.05, 3.63) is 10.9 Å². The molecule has 1 heterocycles. The van der Waals surface area contributed by atoms with Crippen LogP contribution in [0, 0.1) is 0 Å². The molecule has 1 aromatic heterocycles. The molecule has 3 nitrogen and oxygen atoms in total. The normalized spacial score (nSPS) is 10.2. The first-order valence-electron chi connectivity index (χ1n) is 5.11. The number of thiocarbonyl (C=S) groups is 1. The molecule has 0 bridgehead atoms. The van der Waals surface area contributed by atoms with Gasteiger partial charge in [-0.05, 0) is 25.4 Å². The quantitative estimate of drug-likeness (QED) is 0.770. The SMILES string of the molecule is CCN(CC)C(=S)SCc1csnc1OC. The maximum Gasteiger partial charge on any atom is 0.228 e. The number of thioether (sulfide) groups is 1. The Bertz CT molecular complexity index is 337. The van der Waals surface area contributed by atoms with Crippen molar-refractivity contribution in [2.45, 2.75) is 19.6 Å². The lowest BCUT2D eigenvalue weighted by atomic mass is 10.4. The summed E-state index contributed by atoms with van der Waals surface area (Å²) in [7, 11) is 1.64. The lowest BCUT2D eigenvalue weighted by Gasteiger charge is -2.20. The maximum atomic E-state index is 5.36. The van der Waals surface area contributed by atoms with E-state index in [1.54, 1.807) is 18.9 Å². The van der Waals surface area contributed by atoms with Gasteiger partial charge in [-0.2, -0.15) is 4.37 Å². The molecule has 0 aromatic carbocycles. The minimum absolute atomic E-state index is 0.722. The average Bonchev–Trinajstić information content (AvgIpc) is 2.75. The third kappa shape index (κ3) is 3.61. The molecule has 1 rings (SSSR count). The summed E-state index contributed by atoms with van der Waals surface area (Å²) in [6.07, 6.45) is 0. The van der Waals surface area contributed by atoms with Crippen molar-refractivity contribution in [3.8, 4) is 5.88 Å². The highest BCUT2D eigenvalue weighted by molar-refractivity contribution is 8.22. The molecule has 90 valence electrons. The monoisotopic (exact) mass is 276 g/mol. The van der Waals surface area contributed by atoms with Gasteiger partial charge in [0.2, 0.25) is 5.88 Å². The Morgan fingerprint density at radius 1 is 1.56 bits per heavy atom. The van der Waals surface area contributed by atoms with Crippen LogP contribution in [0.25, 0.3) is 0 Å². The topological polar surface area (TPSA) is 25.4 Å². The van der Waals surface area contributed by atoms with Crippen LogP contribution in [0.2, 0.25) is 0 Å². The van der Waals surface area contributed by atoms with Crippen LogP contribution in [0.4, 0.5) is 0 Å². The second kappa shape index (κ2) is 7.09. The van der Waals surface area contributed by atoms with Gasteiger partial charge in [0.15, 0.2) is 0 Å². The summed E-state index contributed by atoms with van der Waals surface area (Å²) in [5.74, 6) is 1.55. The molecular formula is C10H16N2OS3. The van der Waals surface area contributed by atoms with Crippen molar-refractivity contribution in [1.82, 2.24) is 9.27 Å². The predicted molar refractivity (Wildman–Crippen MR) is 75.5 cm³/mol. The Hall–Kier alpha value is -0.330. The van der Waals surface area contributed by atoms with Crippen LogP contribution in [0.3, 0.4) is 0 Å². The Labute approximate surface area is 110 Å². The van der Waals surface area contributed by atoms with Crippen molar-refractivity contribution < 1.29 is 4.74 Å². The molecule has 0 spiro atoms. The third-order valence-electron chi connectivity index (χ3n) is 2.17. The molecule has 16 heavy (non-hydrogen) atoms. The Kier molecular flexibility index (Phi) is 6.08. The smallest absolute Gasteiger partial charge is 0.228 e. The summed E-state index contributed by atoms with van der Waals surface area (Å²) in [4.78, 5) is 2.17. The lowest BCUT2D eigenvalue weighted by Crippen LogP contribution is -2.26. The molecule has 1 aromatic rings. The van der Waals surface area contributed by atoms with Gasteiger partial charge in [-0.3, -0.25) is 0 Å². The van der Waals surface area contributed by atoms with Crippen LogP contribution in [0.5, 0.6) is 5.88 Å². The molecule has 0 unspecified atom stereocenters. The minimum Gasteiger partial charge on any atom is -0.480 e. The van der Waals surface area contributed by atoms with Gasteiger partial charge < -0.3 is 9.64 Å². The number of ether oxygens (including phenoxy) is 1. The number of aromatic nitrogens is 1.